The first kappa shape index (κ1) is 23.6. The molecule has 0 saturated carbocycles. The van der Waals surface area contributed by atoms with Crippen LogP contribution in [0.2, 0.25) is 16.6 Å². The number of alkyl halides is 1. The molecule has 0 aromatic heterocycles. The molecule has 0 aliphatic carbocycles. The van der Waals surface area contributed by atoms with Gasteiger partial charge < -0.3 is 14.5 Å². The Labute approximate surface area is 165 Å². The Kier molecular flexibility index (Phi) is 8.48. The predicted octanol–water partition coefficient (Wildman–Crippen LogP) is 5.23. The minimum Gasteiger partial charge on any atom is -0.497 e. The van der Waals surface area contributed by atoms with Gasteiger partial charge in [-0.05, 0) is 41.2 Å². The number of hydrogen-bond donors (Lipinski definition) is 1. The van der Waals surface area contributed by atoms with Crippen molar-refractivity contribution in [2.24, 2.45) is 0 Å². The van der Waals surface area contributed by atoms with Crippen LogP contribution in [0.4, 0.5) is 4.39 Å². The summed E-state index contributed by atoms with van der Waals surface area (Å²) in [5.74, 6) is 0.350. The molecule has 1 aromatic carbocycles. The number of rotatable bonds is 10. The Morgan fingerprint density at radius 2 is 1.56 bits per heavy atom. The van der Waals surface area contributed by atoms with Gasteiger partial charge in [0.2, 0.25) is 8.32 Å². The molecular formula is C21H36FNO3Si. The number of amides is 1. The molecule has 0 spiro atoms. The molecule has 154 valence electrons. The lowest BCUT2D eigenvalue weighted by Crippen LogP contribution is -2.59. The van der Waals surface area contributed by atoms with E-state index in [1.165, 1.54) is 0 Å². The van der Waals surface area contributed by atoms with Crippen molar-refractivity contribution in [2.75, 3.05) is 13.8 Å². The molecule has 1 rings (SSSR count). The minimum absolute atomic E-state index is 0.276. The molecule has 1 amide bonds. The van der Waals surface area contributed by atoms with Crippen LogP contribution in [0.5, 0.6) is 5.75 Å². The van der Waals surface area contributed by atoms with Crippen molar-refractivity contribution in [2.45, 2.75) is 77.2 Å². The van der Waals surface area contributed by atoms with Crippen molar-refractivity contribution < 1.29 is 18.3 Å². The van der Waals surface area contributed by atoms with Crippen LogP contribution in [-0.4, -0.2) is 33.6 Å². The van der Waals surface area contributed by atoms with E-state index in [4.69, 9.17) is 9.16 Å². The monoisotopic (exact) mass is 397 g/mol. The molecule has 0 unspecified atom stereocenters. The van der Waals surface area contributed by atoms with Gasteiger partial charge >= 0.3 is 0 Å². The average molecular weight is 398 g/mol. The maximum Gasteiger partial charge on any atom is 0.253 e. The molecular weight excluding hydrogens is 361 g/mol. The second-order valence-corrected chi connectivity index (χ2v) is 13.7. The van der Waals surface area contributed by atoms with Crippen LogP contribution in [-0.2, 0) is 15.8 Å². The number of methoxy groups -OCH3 is 1. The third-order valence-electron chi connectivity index (χ3n) is 5.46. The number of benzene rings is 1. The third-order valence-corrected chi connectivity index (χ3v) is 11.7. The van der Waals surface area contributed by atoms with Gasteiger partial charge in [-0.1, -0.05) is 53.7 Å². The summed E-state index contributed by atoms with van der Waals surface area (Å²) in [5, 5.41) is 2.84. The van der Waals surface area contributed by atoms with Gasteiger partial charge in [0, 0.05) is 6.54 Å². The van der Waals surface area contributed by atoms with Crippen LogP contribution in [0.25, 0.3) is 0 Å². The van der Waals surface area contributed by atoms with Crippen molar-refractivity contribution in [3.05, 3.63) is 29.8 Å². The lowest BCUT2D eigenvalue weighted by molar-refractivity contribution is -0.138. The van der Waals surface area contributed by atoms with Crippen molar-refractivity contribution in [3.8, 4) is 5.75 Å². The number of carbonyl (C=O) groups excluding carboxylic acids is 1. The second-order valence-electron chi connectivity index (χ2n) is 8.31. The molecule has 0 saturated heterocycles. The van der Waals surface area contributed by atoms with E-state index in [0.29, 0.717) is 6.54 Å². The Bertz CT molecular complexity index is 582. The zero-order chi connectivity index (χ0) is 20.8. The average Bonchev–Trinajstić information content (AvgIpc) is 2.63. The molecule has 6 heteroatoms. The van der Waals surface area contributed by atoms with E-state index < -0.39 is 26.5 Å². The first-order chi connectivity index (χ1) is 12.5. The van der Waals surface area contributed by atoms with Crippen molar-refractivity contribution >= 4 is 14.2 Å². The highest BCUT2D eigenvalue weighted by Crippen LogP contribution is 2.44. The first-order valence-electron chi connectivity index (χ1n) is 9.70. The third kappa shape index (κ3) is 5.32. The molecule has 0 fully saturated rings. The predicted molar refractivity (Wildman–Crippen MR) is 111 cm³/mol. The summed E-state index contributed by atoms with van der Waals surface area (Å²) < 4.78 is 25.7. The van der Waals surface area contributed by atoms with E-state index in [2.05, 4.69) is 46.9 Å². The van der Waals surface area contributed by atoms with Gasteiger partial charge in [-0.25, -0.2) is 4.39 Å². The molecule has 1 N–H and O–H groups in total. The highest BCUT2D eigenvalue weighted by Gasteiger charge is 2.51. The SMILES string of the molecule is COc1ccc(CNC(=O)[C@](C)(CF)O[Si](C(C)C)(C(C)C)C(C)C)cc1. The van der Waals surface area contributed by atoms with Gasteiger partial charge in [-0.3, -0.25) is 4.79 Å². The first-order valence-corrected chi connectivity index (χ1v) is 11.8. The van der Waals surface area contributed by atoms with Gasteiger partial charge in [0.05, 0.1) is 7.11 Å². The lowest BCUT2D eigenvalue weighted by atomic mass is 10.1. The molecule has 1 atom stereocenters. The summed E-state index contributed by atoms with van der Waals surface area (Å²) >= 11 is 0. The Morgan fingerprint density at radius 3 is 1.93 bits per heavy atom. The molecule has 0 aliphatic rings. The van der Waals surface area contributed by atoms with E-state index in [0.717, 1.165) is 11.3 Å². The maximum absolute atomic E-state index is 14.1. The van der Waals surface area contributed by atoms with Crippen LogP contribution in [0, 0.1) is 0 Å². The van der Waals surface area contributed by atoms with Crippen LogP contribution >= 0.6 is 0 Å². The molecule has 0 heterocycles. The summed E-state index contributed by atoms with van der Waals surface area (Å²) in [5.41, 5.74) is 0.274. The topological polar surface area (TPSA) is 47.6 Å². The maximum atomic E-state index is 14.1. The van der Waals surface area contributed by atoms with E-state index in [1.807, 2.05) is 24.3 Å². The summed E-state index contributed by atoms with van der Waals surface area (Å²) in [7, 11) is -0.779. The van der Waals surface area contributed by atoms with Gasteiger partial charge in [-0.15, -0.1) is 0 Å². The summed E-state index contributed by atoms with van der Waals surface area (Å²) in [4.78, 5) is 12.9. The summed E-state index contributed by atoms with van der Waals surface area (Å²) in [6.45, 7) is 13.8. The lowest BCUT2D eigenvalue weighted by Gasteiger charge is -2.47. The van der Waals surface area contributed by atoms with Gasteiger partial charge in [0.1, 0.15) is 12.4 Å². The van der Waals surface area contributed by atoms with E-state index >= 15 is 0 Å². The van der Waals surface area contributed by atoms with Gasteiger partial charge in [-0.2, -0.15) is 0 Å². The smallest absolute Gasteiger partial charge is 0.253 e. The fourth-order valence-corrected chi connectivity index (χ4v) is 9.63. The number of halogens is 1. The quantitative estimate of drug-likeness (QED) is 0.550. The zero-order valence-electron chi connectivity index (χ0n) is 18.1. The Morgan fingerprint density at radius 1 is 1.07 bits per heavy atom. The number of hydrogen-bond acceptors (Lipinski definition) is 3. The van der Waals surface area contributed by atoms with E-state index in [-0.39, 0.29) is 16.6 Å². The molecule has 0 aliphatic heterocycles. The Hall–Kier alpha value is -1.40. The van der Waals surface area contributed by atoms with Gasteiger partial charge in [0.25, 0.3) is 5.91 Å². The summed E-state index contributed by atoms with van der Waals surface area (Å²) in [6.07, 6.45) is 0. The molecule has 0 radical (unpaired) electrons. The fourth-order valence-electron chi connectivity index (χ4n) is 3.99. The van der Waals surface area contributed by atoms with Crippen LogP contribution in [0.1, 0.15) is 54.0 Å². The highest BCUT2D eigenvalue weighted by atomic mass is 28.4. The van der Waals surface area contributed by atoms with E-state index in [1.54, 1.807) is 14.0 Å². The van der Waals surface area contributed by atoms with Crippen LogP contribution in [0.15, 0.2) is 24.3 Å². The normalized spacial score (nSPS) is 14.5. The number of ether oxygens (including phenoxy) is 1. The van der Waals surface area contributed by atoms with Crippen LogP contribution < -0.4 is 10.1 Å². The summed E-state index contributed by atoms with van der Waals surface area (Å²) in [6, 6.07) is 7.42. The van der Waals surface area contributed by atoms with Crippen molar-refractivity contribution in [1.82, 2.24) is 5.32 Å². The number of nitrogens with one attached hydrogen (secondary N) is 1. The highest BCUT2D eigenvalue weighted by molar-refractivity contribution is 6.77. The molecule has 0 bridgehead atoms. The standard InChI is InChI=1S/C21H36FNO3Si/c1-15(2)27(16(3)4,17(5)6)26-21(7,14-22)20(24)23-13-18-9-11-19(25-8)12-10-18/h9-12,15-17H,13-14H2,1-8H3,(H,23,24)/t21-/m0/s1. The zero-order valence-corrected chi connectivity index (χ0v) is 19.1. The van der Waals surface area contributed by atoms with Crippen LogP contribution in [0.3, 0.4) is 0 Å². The van der Waals surface area contributed by atoms with Crippen molar-refractivity contribution in [1.29, 1.82) is 0 Å². The van der Waals surface area contributed by atoms with Gasteiger partial charge in [0.15, 0.2) is 5.60 Å². The fraction of sp³-hybridized carbons (Fsp3) is 0.667. The molecule has 27 heavy (non-hydrogen) atoms. The Balaban J connectivity index is 2.97. The molecule has 1 aromatic rings. The molecule has 4 nitrogen and oxygen atoms in total. The number of carbonyl (C=O) groups is 1. The minimum atomic E-state index is -2.38. The largest absolute Gasteiger partial charge is 0.497 e. The second kappa shape index (κ2) is 9.69. The van der Waals surface area contributed by atoms with E-state index in [9.17, 15) is 9.18 Å². The van der Waals surface area contributed by atoms with Crippen molar-refractivity contribution in [3.63, 3.8) is 0 Å².